The maximum absolute atomic E-state index is 12.0. The van der Waals surface area contributed by atoms with Crippen molar-refractivity contribution >= 4 is 17.4 Å². The molecule has 2 amide bonds. The molecule has 23 heavy (non-hydrogen) atoms. The summed E-state index contributed by atoms with van der Waals surface area (Å²) in [5.41, 5.74) is 0.983. The quantitative estimate of drug-likeness (QED) is 0.772. The molecule has 0 radical (unpaired) electrons. The minimum absolute atomic E-state index is 0.0554. The molecule has 2 atom stereocenters. The molecule has 0 aliphatic heterocycles. The molecule has 1 heterocycles. The van der Waals surface area contributed by atoms with Crippen LogP contribution in [0.25, 0.3) is 0 Å². The fourth-order valence-corrected chi connectivity index (χ4v) is 3.96. The minimum atomic E-state index is -0.186. The molecule has 1 fully saturated rings. The Morgan fingerprint density at radius 3 is 2.87 bits per heavy atom. The molecule has 0 spiro atoms. The first-order chi connectivity index (χ1) is 10.7. The van der Waals surface area contributed by atoms with Gasteiger partial charge in [-0.3, -0.25) is 0 Å². The van der Waals surface area contributed by atoms with Crippen molar-refractivity contribution in [3.63, 3.8) is 0 Å². The van der Waals surface area contributed by atoms with Crippen molar-refractivity contribution in [1.82, 2.24) is 15.6 Å². The zero-order chi connectivity index (χ0) is 17.1. The van der Waals surface area contributed by atoms with Crippen LogP contribution in [-0.2, 0) is 11.8 Å². The van der Waals surface area contributed by atoms with Crippen molar-refractivity contribution in [3.8, 4) is 0 Å². The highest BCUT2D eigenvalue weighted by molar-refractivity contribution is 7.09. The lowest BCUT2D eigenvalue weighted by Gasteiger charge is -2.30. The molecule has 2 rings (SSSR count). The number of hydrogen-bond donors (Lipinski definition) is 3. The molecule has 5 nitrogen and oxygen atoms in total. The smallest absolute Gasteiger partial charge is 0.315 e. The number of nitrogens with one attached hydrogen (secondary N) is 2. The number of nitrogens with zero attached hydrogens (tertiary/aromatic N) is 1. The van der Waals surface area contributed by atoms with Gasteiger partial charge in [0.05, 0.1) is 17.3 Å². The first-order valence-corrected chi connectivity index (χ1v) is 9.23. The van der Waals surface area contributed by atoms with Gasteiger partial charge in [0.25, 0.3) is 0 Å². The van der Waals surface area contributed by atoms with Crippen LogP contribution in [0.2, 0.25) is 0 Å². The average Bonchev–Trinajstić information content (AvgIpc) is 3.07. The Kier molecular flexibility index (Phi) is 5.68. The van der Waals surface area contributed by atoms with E-state index in [0.29, 0.717) is 6.54 Å². The van der Waals surface area contributed by atoms with Gasteiger partial charge in [-0.25, -0.2) is 9.78 Å². The lowest BCUT2D eigenvalue weighted by atomic mass is 9.86. The van der Waals surface area contributed by atoms with E-state index in [1.807, 2.05) is 6.92 Å². The molecule has 1 aromatic rings. The number of aromatic nitrogens is 1. The molecular weight excluding hydrogens is 310 g/mol. The third-order valence-electron chi connectivity index (χ3n) is 4.69. The Hall–Kier alpha value is -1.14. The lowest BCUT2D eigenvalue weighted by molar-refractivity contribution is 0.121. The summed E-state index contributed by atoms with van der Waals surface area (Å²) in [4.78, 5) is 16.7. The van der Waals surface area contributed by atoms with E-state index in [2.05, 4.69) is 41.8 Å². The number of aliphatic hydroxyl groups excluding tert-OH is 1. The van der Waals surface area contributed by atoms with Gasteiger partial charge < -0.3 is 15.7 Å². The van der Waals surface area contributed by atoms with Gasteiger partial charge in [-0.05, 0) is 12.8 Å². The molecule has 130 valence electrons. The Morgan fingerprint density at radius 1 is 1.52 bits per heavy atom. The summed E-state index contributed by atoms with van der Waals surface area (Å²) in [6.07, 6.45) is 3.70. The second-order valence-corrected chi connectivity index (χ2v) is 8.73. The number of thiazole rings is 1. The fourth-order valence-electron chi connectivity index (χ4n) is 2.93. The average molecular weight is 340 g/mol. The SMILES string of the molecule is CC(C)(C)c1csc(CCNC(=O)NC2CCCC2(C)CO)n1. The normalized spacial score (nSPS) is 24.7. The Balaban J connectivity index is 1.76. The number of hydrogen-bond acceptors (Lipinski definition) is 4. The van der Waals surface area contributed by atoms with Crippen molar-refractivity contribution in [2.75, 3.05) is 13.2 Å². The second-order valence-electron chi connectivity index (χ2n) is 7.78. The van der Waals surface area contributed by atoms with Crippen molar-refractivity contribution in [2.24, 2.45) is 5.41 Å². The Morgan fingerprint density at radius 2 is 2.26 bits per heavy atom. The van der Waals surface area contributed by atoms with E-state index < -0.39 is 0 Å². The van der Waals surface area contributed by atoms with E-state index in [0.717, 1.165) is 36.4 Å². The molecule has 1 saturated carbocycles. The van der Waals surface area contributed by atoms with Gasteiger partial charge in [-0.2, -0.15) is 0 Å². The molecule has 1 aliphatic carbocycles. The number of rotatable bonds is 5. The summed E-state index contributed by atoms with van der Waals surface area (Å²) < 4.78 is 0. The van der Waals surface area contributed by atoms with Gasteiger partial charge in [0, 0.05) is 35.2 Å². The van der Waals surface area contributed by atoms with Crippen LogP contribution in [0.5, 0.6) is 0 Å². The van der Waals surface area contributed by atoms with E-state index in [1.165, 1.54) is 0 Å². The summed E-state index contributed by atoms with van der Waals surface area (Å²) >= 11 is 1.65. The van der Waals surface area contributed by atoms with Crippen LogP contribution >= 0.6 is 11.3 Å². The molecule has 1 aromatic heterocycles. The van der Waals surface area contributed by atoms with Gasteiger partial charge in [0.1, 0.15) is 0 Å². The van der Waals surface area contributed by atoms with Crippen molar-refractivity contribution in [2.45, 2.75) is 64.8 Å². The largest absolute Gasteiger partial charge is 0.396 e. The zero-order valence-corrected chi connectivity index (χ0v) is 15.4. The van der Waals surface area contributed by atoms with Gasteiger partial charge >= 0.3 is 6.03 Å². The number of amides is 2. The van der Waals surface area contributed by atoms with E-state index >= 15 is 0 Å². The van der Waals surface area contributed by atoms with Crippen LogP contribution in [-0.4, -0.2) is 35.3 Å². The van der Waals surface area contributed by atoms with Crippen molar-refractivity contribution in [1.29, 1.82) is 0 Å². The third-order valence-corrected chi connectivity index (χ3v) is 5.60. The summed E-state index contributed by atoms with van der Waals surface area (Å²) in [6, 6.07) is -0.0935. The molecule has 3 N–H and O–H groups in total. The van der Waals surface area contributed by atoms with Crippen LogP contribution in [0.3, 0.4) is 0 Å². The lowest BCUT2D eigenvalue weighted by Crippen LogP contribution is -2.48. The maximum atomic E-state index is 12.0. The van der Waals surface area contributed by atoms with Crippen LogP contribution in [0.1, 0.15) is 57.7 Å². The van der Waals surface area contributed by atoms with Crippen LogP contribution in [0.15, 0.2) is 5.38 Å². The van der Waals surface area contributed by atoms with E-state index in [-0.39, 0.29) is 29.5 Å². The van der Waals surface area contributed by atoms with E-state index in [4.69, 9.17) is 0 Å². The first kappa shape index (κ1) is 18.2. The highest BCUT2D eigenvalue weighted by Gasteiger charge is 2.39. The van der Waals surface area contributed by atoms with Crippen LogP contribution in [0.4, 0.5) is 4.79 Å². The molecule has 2 unspecified atom stereocenters. The molecule has 6 heteroatoms. The fraction of sp³-hybridized carbons (Fsp3) is 0.765. The molecule has 0 saturated heterocycles. The maximum Gasteiger partial charge on any atom is 0.315 e. The Bertz CT molecular complexity index is 538. The monoisotopic (exact) mass is 339 g/mol. The second kappa shape index (κ2) is 7.18. The highest BCUT2D eigenvalue weighted by Crippen LogP contribution is 2.37. The number of carbonyl (C=O) groups is 1. The first-order valence-electron chi connectivity index (χ1n) is 8.35. The van der Waals surface area contributed by atoms with Crippen LogP contribution in [0, 0.1) is 5.41 Å². The standard InChI is InChI=1S/C17H29N3O2S/c1-16(2,3)13-10-23-14(19-13)7-9-18-15(22)20-12-6-5-8-17(12,4)11-21/h10,12,21H,5-9,11H2,1-4H3,(H2,18,20,22). The zero-order valence-electron chi connectivity index (χ0n) is 14.6. The number of urea groups is 1. The predicted octanol–water partition coefficient (Wildman–Crippen LogP) is 2.83. The molecule has 0 bridgehead atoms. The van der Waals surface area contributed by atoms with Crippen molar-refractivity contribution in [3.05, 3.63) is 16.1 Å². The summed E-state index contributed by atoms with van der Waals surface area (Å²) in [5.74, 6) is 0. The van der Waals surface area contributed by atoms with E-state index in [9.17, 15) is 9.90 Å². The van der Waals surface area contributed by atoms with Crippen LogP contribution < -0.4 is 10.6 Å². The van der Waals surface area contributed by atoms with Gasteiger partial charge in [0.15, 0.2) is 0 Å². The highest BCUT2D eigenvalue weighted by atomic mass is 32.1. The summed E-state index contributed by atoms with van der Waals surface area (Å²) in [7, 11) is 0. The number of carbonyl (C=O) groups excluding carboxylic acids is 1. The van der Waals surface area contributed by atoms with Crippen molar-refractivity contribution < 1.29 is 9.90 Å². The third kappa shape index (κ3) is 4.67. The number of aliphatic hydroxyl groups is 1. The van der Waals surface area contributed by atoms with Gasteiger partial charge in [0.2, 0.25) is 0 Å². The molecule has 0 aromatic carbocycles. The Labute approximate surface area is 142 Å². The summed E-state index contributed by atoms with van der Waals surface area (Å²) in [6.45, 7) is 9.18. The summed E-state index contributed by atoms with van der Waals surface area (Å²) in [5, 5.41) is 18.6. The minimum Gasteiger partial charge on any atom is -0.396 e. The predicted molar refractivity (Wildman–Crippen MR) is 93.9 cm³/mol. The molecule has 1 aliphatic rings. The topological polar surface area (TPSA) is 74.2 Å². The van der Waals surface area contributed by atoms with Gasteiger partial charge in [-0.15, -0.1) is 11.3 Å². The van der Waals surface area contributed by atoms with Gasteiger partial charge in [-0.1, -0.05) is 34.1 Å². The molecular formula is C17H29N3O2S. The van der Waals surface area contributed by atoms with E-state index in [1.54, 1.807) is 11.3 Å².